The number of aromatic nitrogens is 3. The standard InChI is InChI=1S/C21H22N4O4S/c1-15-6-7-19(28-2)21(10-15)30(26,27)25-8-9-29-20(13-25)18-5-3-4-17(24-18)16-11-22-14-23-12-16/h3-7,10-12,14,20H,8-9,13H2,1-2H3. The Bertz CT molecular complexity index is 1140. The molecule has 0 N–H and O–H groups in total. The number of methoxy groups -OCH3 is 1. The van der Waals surface area contributed by atoms with Gasteiger partial charge in [0.15, 0.2) is 0 Å². The SMILES string of the molecule is COc1ccc(C)cc1S(=O)(=O)N1CCOC(c2cccc(-c3cncnc3)n2)C1. The van der Waals surface area contributed by atoms with Crippen molar-refractivity contribution < 1.29 is 17.9 Å². The highest BCUT2D eigenvalue weighted by Gasteiger charge is 2.34. The molecule has 1 saturated heterocycles. The molecule has 30 heavy (non-hydrogen) atoms. The van der Waals surface area contributed by atoms with Gasteiger partial charge in [-0.1, -0.05) is 12.1 Å². The topological polar surface area (TPSA) is 94.5 Å². The zero-order chi connectivity index (χ0) is 21.1. The molecule has 0 amide bonds. The maximum absolute atomic E-state index is 13.3. The van der Waals surface area contributed by atoms with Gasteiger partial charge in [-0.15, -0.1) is 0 Å². The molecule has 1 atom stereocenters. The lowest BCUT2D eigenvalue weighted by atomic mass is 10.1. The molecule has 0 bridgehead atoms. The average molecular weight is 426 g/mol. The number of morpholine rings is 1. The first-order valence-electron chi connectivity index (χ1n) is 9.48. The summed E-state index contributed by atoms with van der Waals surface area (Å²) in [5, 5.41) is 0. The predicted octanol–water partition coefficient (Wildman–Crippen LogP) is 2.62. The van der Waals surface area contributed by atoms with E-state index in [4.69, 9.17) is 9.47 Å². The van der Waals surface area contributed by atoms with Crippen molar-refractivity contribution in [2.24, 2.45) is 0 Å². The fourth-order valence-electron chi connectivity index (χ4n) is 3.37. The maximum atomic E-state index is 13.3. The summed E-state index contributed by atoms with van der Waals surface area (Å²) in [5.74, 6) is 0.327. The summed E-state index contributed by atoms with van der Waals surface area (Å²) in [7, 11) is -2.28. The van der Waals surface area contributed by atoms with Gasteiger partial charge >= 0.3 is 0 Å². The fraction of sp³-hybridized carbons (Fsp3) is 0.286. The monoisotopic (exact) mass is 426 g/mol. The first-order valence-corrected chi connectivity index (χ1v) is 10.9. The van der Waals surface area contributed by atoms with Gasteiger partial charge in [-0.2, -0.15) is 4.31 Å². The van der Waals surface area contributed by atoms with Gasteiger partial charge in [-0.05, 0) is 36.8 Å². The van der Waals surface area contributed by atoms with E-state index in [1.54, 1.807) is 24.5 Å². The van der Waals surface area contributed by atoms with Crippen molar-refractivity contribution in [2.45, 2.75) is 17.9 Å². The average Bonchev–Trinajstić information content (AvgIpc) is 2.80. The molecular formula is C21H22N4O4S. The number of hydrogen-bond acceptors (Lipinski definition) is 7. The highest BCUT2D eigenvalue weighted by Crippen LogP contribution is 2.31. The van der Waals surface area contributed by atoms with Crippen LogP contribution in [-0.4, -0.2) is 54.5 Å². The third kappa shape index (κ3) is 4.04. The van der Waals surface area contributed by atoms with Crippen LogP contribution < -0.4 is 4.74 Å². The fourth-order valence-corrected chi connectivity index (χ4v) is 5.04. The summed E-state index contributed by atoms with van der Waals surface area (Å²) in [5.41, 5.74) is 2.99. The summed E-state index contributed by atoms with van der Waals surface area (Å²) in [6.07, 6.45) is 4.34. The third-order valence-electron chi connectivity index (χ3n) is 4.92. The number of rotatable bonds is 5. The summed E-state index contributed by atoms with van der Waals surface area (Å²) < 4.78 is 39.3. The second-order valence-electron chi connectivity index (χ2n) is 6.95. The van der Waals surface area contributed by atoms with E-state index >= 15 is 0 Å². The lowest BCUT2D eigenvalue weighted by molar-refractivity contribution is -0.00491. The Balaban J connectivity index is 1.62. The first kappa shape index (κ1) is 20.4. The molecule has 2 aromatic heterocycles. The minimum absolute atomic E-state index is 0.161. The largest absolute Gasteiger partial charge is 0.495 e. The molecule has 3 aromatic rings. The lowest BCUT2D eigenvalue weighted by Crippen LogP contribution is -2.42. The molecule has 3 heterocycles. The van der Waals surface area contributed by atoms with E-state index in [0.29, 0.717) is 17.1 Å². The molecule has 156 valence electrons. The molecule has 0 spiro atoms. The second-order valence-corrected chi connectivity index (χ2v) is 8.86. The number of pyridine rings is 1. The Morgan fingerprint density at radius 3 is 2.73 bits per heavy atom. The van der Waals surface area contributed by atoms with Crippen molar-refractivity contribution in [3.63, 3.8) is 0 Å². The van der Waals surface area contributed by atoms with Crippen LogP contribution in [0.25, 0.3) is 11.3 Å². The summed E-state index contributed by atoms with van der Waals surface area (Å²) in [4.78, 5) is 12.9. The van der Waals surface area contributed by atoms with E-state index in [2.05, 4.69) is 15.0 Å². The van der Waals surface area contributed by atoms with Gasteiger partial charge in [0.1, 0.15) is 23.1 Å². The van der Waals surface area contributed by atoms with Crippen molar-refractivity contribution >= 4 is 10.0 Å². The summed E-state index contributed by atoms with van der Waals surface area (Å²) in [6.45, 7) is 2.56. The van der Waals surface area contributed by atoms with Crippen LogP contribution in [0.2, 0.25) is 0 Å². The predicted molar refractivity (Wildman–Crippen MR) is 110 cm³/mol. The molecule has 0 aliphatic carbocycles. The molecule has 0 radical (unpaired) electrons. The Hall–Kier alpha value is -2.88. The first-order chi connectivity index (χ1) is 14.5. The quantitative estimate of drug-likeness (QED) is 0.619. The van der Waals surface area contributed by atoms with E-state index in [1.165, 1.54) is 17.7 Å². The number of benzene rings is 1. The minimum atomic E-state index is -3.75. The molecule has 1 fully saturated rings. The molecule has 8 nitrogen and oxygen atoms in total. The number of nitrogens with zero attached hydrogens (tertiary/aromatic N) is 4. The van der Waals surface area contributed by atoms with Crippen LogP contribution >= 0.6 is 0 Å². The van der Waals surface area contributed by atoms with Crippen LogP contribution in [0.3, 0.4) is 0 Å². The third-order valence-corrected chi connectivity index (χ3v) is 6.81. The van der Waals surface area contributed by atoms with E-state index in [1.807, 2.05) is 31.2 Å². The highest BCUT2D eigenvalue weighted by molar-refractivity contribution is 7.89. The second kappa shape index (κ2) is 8.47. The smallest absolute Gasteiger partial charge is 0.246 e. The Morgan fingerprint density at radius 2 is 1.97 bits per heavy atom. The molecule has 0 saturated carbocycles. The molecule has 9 heteroatoms. The Labute approximate surface area is 175 Å². The normalized spacial score (nSPS) is 17.6. The van der Waals surface area contributed by atoms with Crippen molar-refractivity contribution in [3.8, 4) is 17.0 Å². The van der Waals surface area contributed by atoms with Crippen LogP contribution in [0.15, 0.2) is 60.0 Å². The van der Waals surface area contributed by atoms with Crippen LogP contribution in [0.4, 0.5) is 0 Å². The van der Waals surface area contributed by atoms with Gasteiger partial charge in [0.05, 0.1) is 25.1 Å². The summed E-state index contributed by atoms with van der Waals surface area (Å²) >= 11 is 0. The van der Waals surface area contributed by atoms with Gasteiger partial charge < -0.3 is 9.47 Å². The van der Waals surface area contributed by atoms with Crippen LogP contribution in [0, 0.1) is 6.92 Å². The van der Waals surface area contributed by atoms with Crippen LogP contribution in [0.1, 0.15) is 17.4 Å². The van der Waals surface area contributed by atoms with Crippen LogP contribution in [0.5, 0.6) is 5.75 Å². The zero-order valence-corrected chi connectivity index (χ0v) is 17.5. The minimum Gasteiger partial charge on any atom is -0.495 e. The van der Waals surface area contributed by atoms with E-state index in [0.717, 1.165) is 11.1 Å². The van der Waals surface area contributed by atoms with Crippen molar-refractivity contribution in [1.82, 2.24) is 19.3 Å². The van der Waals surface area contributed by atoms with Gasteiger partial charge in [-0.25, -0.2) is 23.4 Å². The van der Waals surface area contributed by atoms with Gasteiger partial charge in [-0.3, -0.25) is 0 Å². The van der Waals surface area contributed by atoms with Gasteiger partial charge in [0.2, 0.25) is 10.0 Å². The molecule has 1 unspecified atom stereocenters. The van der Waals surface area contributed by atoms with Crippen molar-refractivity contribution in [1.29, 1.82) is 0 Å². The van der Waals surface area contributed by atoms with Crippen LogP contribution in [-0.2, 0) is 14.8 Å². The lowest BCUT2D eigenvalue weighted by Gasteiger charge is -2.32. The molecule has 1 aliphatic rings. The Kier molecular flexibility index (Phi) is 5.76. The molecule has 4 rings (SSSR count). The Morgan fingerprint density at radius 1 is 1.17 bits per heavy atom. The number of hydrogen-bond donors (Lipinski definition) is 0. The number of ether oxygens (including phenoxy) is 2. The number of sulfonamides is 1. The van der Waals surface area contributed by atoms with Crippen molar-refractivity contribution in [2.75, 3.05) is 26.8 Å². The number of aryl methyl sites for hydroxylation is 1. The van der Waals surface area contributed by atoms with E-state index in [-0.39, 0.29) is 24.6 Å². The molecule has 1 aliphatic heterocycles. The van der Waals surface area contributed by atoms with Gasteiger partial charge in [0.25, 0.3) is 0 Å². The highest BCUT2D eigenvalue weighted by atomic mass is 32.2. The molecule has 1 aromatic carbocycles. The van der Waals surface area contributed by atoms with Gasteiger partial charge in [0, 0.05) is 31.0 Å². The van der Waals surface area contributed by atoms with E-state index in [9.17, 15) is 8.42 Å². The van der Waals surface area contributed by atoms with E-state index < -0.39 is 16.1 Å². The summed E-state index contributed by atoms with van der Waals surface area (Å²) in [6, 6.07) is 10.7. The molecular weight excluding hydrogens is 404 g/mol. The maximum Gasteiger partial charge on any atom is 0.246 e. The zero-order valence-electron chi connectivity index (χ0n) is 16.7. The van der Waals surface area contributed by atoms with Crippen molar-refractivity contribution in [3.05, 3.63) is 66.4 Å².